The van der Waals surface area contributed by atoms with E-state index in [2.05, 4.69) is 41.4 Å². The number of nitrogen functional groups attached to an aromatic ring is 1. The van der Waals surface area contributed by atoms with Crippen LogP contribution in [0.15, 0.2) is 30.6 Å². The molecule has 0 unspecified atom stereocenters. The number of thiazole rings is 1. The van der Waals surface area contributed by atoms with Crippen molar-refractivity contribution in [2.24, 2.45) is 0 Å². The number of carbonyl (C=O) groups is 1. The van der Waals surface area contributed by atoms with Gasteiger partial charge < -0.3 is 11.1 Å². The molecule has 2 aromatic heterocycles. The highest BCUT2D eigenvalue weighted by atomic mass is 32.1. The van der Waals surface area contributed by atoms with E-state index in [4.69, 9.17) is 5.73 Å². The van der Waals surface area contributed by atoms with E-state index in [9.17, 15) is 4.79 Å². The summed E-state index contributed by atoms with van der Waals surface area (Å²) >= 11 is 1.47. The first-order valence-corrected chi connectivity index (χ1v) is 8.97. The van der Waals surface area contributed by atoms with Crippen molar-refractivity contribution >= 4 is 22.4 Å². The summed E-state index contributed by atoms with van der Waals surface area (Å²) in [4.78, 5) is 17.8. The molecule has 1 amide bonds. The number of aromatic nitrogens is 3. The van der Waals surface area contributed by atoms with Crippen LogP contribution in [0.1, 0.15) is 39.6 Å². The molecule has 0 fully saturated rings. The van der Waals surface area contributed by atoms with Crippen molar-refractivity contribution in [1.82, 2.24) is 20.1 Å². The zero-order valence-electron chi connectivity index (χ0n) is 14.1. The maximum Gasteiger partial charge on any atom is 0.221 e. The van der Waals surface area contributed by atoms with E-state index in [0.29, 0.717) is 18.1 Å². The summed E-state index contributed by atoms with van der Waals surface area (Å²) in [5.41, 5.74) is 11.2. The highest BCUT2D eigenvalue weighted by Crippen LogP contribution is 2.40. The minimum absolute atomic E-state index is 0.0272. The van der Waals surface area contributed by atoms with Crippen molar-refractivity contribution in [2.75, 3.05) is 5.73 Å². The second kappa shape index (κ2) is 6.00. The molecule has 1 atom stereocenters. The van der Waals surface area contributed by atoms with Crippen LogP contribution >= 0.6 is 11.3 Å². The van der Waals surface area contributed by atoms with Gasteiger partial charge in [-0.3, -0.25) is 4.79 Å². The van der Waals surface area contributed by atoms with Crippen LogP contribution in [0, 0.1) is 13.8 Å². The molecule has 128 valence electrons. The summed E-state index contributed by atoms with van der Waals surface area (Å²) in [5.74, 6) is -0.0514. The molecule has 0 bridgehead atoms. The summed E-state index contributed by atoms with van der Waals surface area (Å²) in [6.07, 6.45) is 4.07. The van der Waals surface area contributed by atoms with E-state index in [1.807, 2.05) is 16.9 Å². The van der Waals surface area contributed by atoms with Crippen molar-refractivity contribution in [3.8, 4) is 5.69 Å². The van der Waals surface area contributed by atoms with Gasteiger partial charge >= 0.3 is 0 Å². The predicted molar refractivity (Wildman–Crippen MR) is 97.9 cm³/mol. The molecule has 0 saturated carbocycles. The molecule has 3 heterocycles. The third kappa shape index (κ3) is 2.80. The maximum absolute atomic E-state index is 12.3. The molecule has 1 aliphatic heterocycles. The highest BCUT2D eigenvalue weighted by molar-refractivity contribution is 7.15. The quantitative estimate of drug-likeness (QED) is 0.742. The topological polar surface area (TPSA) is 85.8 Å². The first-order chi connectivity index (χ1) is 12.0. The Hall–Kier alpha value is -2.67. The van der Waals surface area contributed by atoms with E-state index in [-0.39, 0.29) is 11.8 Å². The summed E-state index contributed by atoms with van der Waals surface area (Å²) < 4.78 is 1.87. The summed E-state index contributed by atoms with van der Waals surface area (Å²) in [7, 11) is 0. The number of aryl methyl sites for hydroxylation is 2. The molecular formula is C18H19N5OS. The van der Waals surface area contributed by atoms with Gasteiger partial charge in [0.2, 0.25) is 5.91 Å². The summed E-state index contributed by atoms with van der Waals surface area (Å²) in [6.45, 7) is 4.58. The Balaban J connectivity index is 1.96. The van der Waals surface area contributed by atoms with Crippen LogP contribution in [-0.4, -0.2) is 20.7 Å². The normalized spacial score (nSPS) is 17.0. The van der Waals surface area contributed by atoms with Crippen molar-refractivity contribution in [2.45, 2.75) is 32.7 Å². The summed E-state index contributed by atoms with van der Waals surface area (Å²) in [5, 5.41) is 7.88. The lowest BCUT2D eigenvalue weighted by Crippen LogP contribution is -2.22. The van der Waals surface area contributed by atoms with Gasteiger partial charge in [0.25, 0.3) is 0 Å². The Morgan fingerprint density at radius 2 is 2.20 bits per heavy atom. The zero-order valence-corrected chi connectivity index (χ0v) is 14.9. The van der Waals surface area contributed by atoms with Gasteiger partial charge in [0, 0.05) is 29.6 Å². The first kappa shape index (κ1) is 15.8. The van der Waals surface area contributed by atoms with Gasteiger partial charge in [-0.1, -0.05) is 17.7 Å². The highest BCUT2D eigenvalue weighted by Gasteiger charge is 2.30. The third-order valence-corrected chi connectivity index (χ3v) is 5.53. The zero-order chi connectivity index (χ0) is 17.6. The van der Waals surface area contributed by atoms with Crippen LogP contribution in [0.25, 0.3) is 5.69 Å². The van der Waals surface area contributed by atoms with Gasteiger partial charge in [-0.25, -0.2) is 9.67 Å². The van der Waals surface area contributed by atoms with Crippen LogP contribution in [0.2, 0.25) is 0 Å². The number of fused-ring (bicyclic) bond motifs is 1. The number of hydrogen-bond acceptors (Lipinski definition) is 5. The molecule has 1 aromatic carbocycles. The Labute approximate surface area is 149 Å². The Kier molecular flexibility index (Phi) is 3.80. The standard InChI is InChI=1S/C18H19N5OS/c1-10-6-11(2)16(23-5-3-4-21-23)12(7-10)13-8-15(24)20-9-14-17(13)25-18(19)22-14/h3-7,13H,8-9H2,1-2H3,(H2,19,22)(H,20,24)/t13-/m1/s1. The maximum atomic E-state index is 12.3. The van der Waals surface area contributed by atoms with E-state index >= 15 is 0 Å². The second-order valence-corrected chi connectivity index (χ2v) is 7.43. The van der Waals surface area contributed by atoms with E-state index in [0.717, 1.165) is 32.9 Å². The van der Waals surface area contributed by atoms with E-state index < -0.39 is 0 Å². The number of anilines is 1. The van der Waals surface area contributed by atoms with Gasteiger partial charge in [0.1, 0.15) is 0 Å². The van der Waals surface area contributed by atoms with Crippen LogP contribution < -0.4 is 11.1 Å². The summed E-state index contributed by atoms with van der Waals surface area (Å²) in [6, 6.07) is 6.19. The lowest BCUT2D eigenvalue weighted by molar-refractivity contribution is -0.121. The number of nitrogens with two attached hydrogens (primary N) is 1. The third-order valence-electron chi connectivity index (χ3n) is 4.49. The Morgan fingerprint density at radius 1 is 1.36 bits per heavy atom. The van der Waals surface area contributed by atoms with E-state index in [1.54, 1.807) is 6.20 Å². The van der Waals surface area contributed by atoms with Gasteiger partial charge in [-0.05, 0) is 31.0 Å². The smallest absolute Gasteiger partial charge is 0.221 e. The molecule has 1 aliphatic rings. The second-order valence-electron chi connectivity index (χ2n) is 6.37. The average Bonchev–Trinajstić information content (AvgIpc) is 3.16. The molecule has 0 aliphatic carbocycles. The van der Waals surface area contributed by atoms with Crippen LogP contribution in [-0.2, 0) is 11.3 Å². The fraction of sp³-hybridized carbons (Fsp3) is 0.278. The Bertz CT molecular complexity index is 945. The molecule has 6 nitrogen and oxygen atoms in total. The van der Waals surface area contributed by atoms with Crippen LogP contribution in [0.4, 0.5) is 5.13 Å². The van der Waals surface area contributed by atoms with Gasteiger partial charge in [0.15, 0.2) is 5.13 Å². The molecule has 3 aromatic rings. The minimum Gasteiger partial charge on any atom is -0.375 e. The molecule has 0 radical (unpaired) electrons. The van der Waals surface area contributed by atoms with E-state index in [1.165, 1.54) is 11.3 Å². The van der Waals surface area contributed by atoms with Gasteiger partial charge in [0.05, 0.1) is 17.9 Å². The fourth-order valence-corrected chi connectivity index (χ4v) is 4.51. The lowest BCUT2D eigenvalue weighted by Gasteiger charge is -2.21. The molecule has 0 saturated heterocycles. The van der Waals surface area contributed by atoms with Crippen LogP contribution in [0.5, 0.6) is 0 Å². The molecular weight excluding hydrogens is 334 g/mol. The molecule has 3 N–H and O–H groups in total. The number of nitrogens with zero attached hydrogens (tertiary/aromatic N) is 3. The predicted octanol–water partition coefficient (Wildman–Crippen LogP) is 2.68. The SMILES string of the molecule is Cc1cc(C)c(-n2cccn2)c([C@H]2CC(=O)NCc3nc(N)sc32)c1. The number of nitrogens with one attached hydrogen (secondary N) is 1. The number of benzene rings is 1. The van der Waals surface area contributed by atoms with Crippen molar-refractivity contribution in [1.29, 1.82) is 0 Å². The lowest BCUT2D eigenvalue weighted by atomic mass is 9.89. The van der Waals surface area contributed by atoms with Crippen LogP contribution in [0.3, 0.4) is 0 Å². The van der Waals surface area contributed by atoms with Gasteiger partial charge in [-0.2, -0.15) is 5.10 Å². The monoisotopic (exact) mass is 353 g/mol. The van der Waals surface area contributed by atoms with Crippen molar-refractivity contribution in [3.63, 3.8) is 0 Å². The molecule has 0 spiro atoms. The number of amides is 1. The van der Waals surface area contributed by atoms with Crippen molar-refractivity contribution < 1.29 is 4.79 Å². The minimum atomic E-state index is -0.0786. The van der Waals surface area contributed by atoms with Gasteiger partial charge in [-0.15, -0.1) is 11.3 Å². The largest absolute Gasteiger partial charge is 0.375 e. The molecule has 7 heteroatoms. The Morgan fingerprint density at radius 3 is 2.96 bits per heavy atom. The number of rotatable bonds is 2. The number of carbonyl (C=O) groups excluding carboxylic acids is 1. The molecule has 25 heavy (non-hydrogen) atoms. The first-order valence-electron chi connectivity index (χ1n) is 8.16. The number of hydrogen-bond donors (Lipinski definition) is 2. The fourth-order valence-electron chi connectivity index (χ4n) is 3.54. The average molecular weight is 353 g/mol. The molecule has 4 rings (SSSR count). The van der Waals surface area contributed by atoms with Crippen molar-refractivity contribution in [3.05, 3.63) is 57.9 Å².